The van der Waals surface area contributed by atoms with E-state index < -0.39 is 11.6 Å². The molecule has 2 aromatic carbocycles. The molecule has 0 atom stereocenters. The lowest BCUT2D eigenvalue weighted by molar-refractivity contribution is 0.415. The van der Waals surface area contributed by atoms with Gasteiger partial charge in [0, 0.05) is 23.9 Å². The number of benzene rings is 2. The zero-order chi connectivity index (χ0) is 17.8. The van der Waals surface area contributed by atoms with E-state index in [4.69, 9.17) is 9.15 Å². The molecule has 6 heteroatoms. The smallest absolute Gasteiger partial charge is 0.226 e. The number of hydrogen-bond donors (Lipinski definition) is 0. The molecule has 130 valence electrons. The predicted octanol–water partition coefficient (Wildman–Crippen LogP) is 4.65. The molecule has 0 spiro atoms. The molecule has 0 aliphatic heterocycles. The third-order valence-corrected chi connectivity index (χ3v) is 3.89. The molecule has 0 radical (unpaired) electrons. The molecule has 1 aromatic heterocycles. The normalized spacial score (nSPS) is 10.7. The first-order chi connectivity index (χ1) is 12.1. The monoisotopic (exact) mass is 344 g/mol. The van der Waals surface area contributed by atoms with Crippen LogP contribution in [-0.4, -0.2) is 18.6 Å². The third kappa shape index (κ3) is 3.79. The summed E-state index contributed by atoms with van der Waals surface area (Å²) in [4.78, 5) is 6.36. The lowest BCUT2D eigenvalue weighted by Crippen LogP contribution is -2.22. The molecule has 25 heavy (non-hydrogen) atoms. The second kappa shape index (κ2) is 7.34. The van der Waals surface area contributed by atoms with Gasteiger partial charge in [-0.1, -0.05) is 0 Å². The molecule has 0 saturated carbocycles. The minimum Gasteiger partial charge on any atom is -0.497 e. The van der Waals surface area contributed by atoms with E-state index in [0.717, 1.165) is 17.4 Å². The summed E-state index contributed by atoms with van der Waals surface area (Å²) in [7, 11) is 1.61. The molecule has 0 N–H and O–H groups in total. The standard InChI is InChI=1S/C19H18F2N2O2/c1-3-23(15-6-9-17(20)18(21)10-15)11-14-12-25-19(22-14)13-4-7-16(24-2)8-5-13/h4-10,12H,3,11H2,1-2H3. The van der Waals surface area contributed by atoms with Gasteiger partial charge in [-0.3, -0.25) is 0 Å². The van der Waals surface area contributed by atoms with E-state index in [1.807, 2.05) is 36.1 Å². The maximum atomic E-state index is 13.5. The summed E-state index contributed by atoms with van der Waals surface area (Å²) in [5.74, 6) is -0.469. The van der Waals surface area contributed by atoms with Crippen molar-refractivity contribution < 1.29 is 17.9 Å². The number of nitrogens with zero attached hydrogens (tertiary/aromatic N) is 2. The molecular weight excluding hydrogens is 326 g/mol. The van der Waals surface area contributed by atoms with Crippen LogP contribution in [0.3, 0.4) is 0 Å². The maximum absolute atomic E-state index is 13.5. The van der Waals surface area contributed by atoms with Gasteiger partial charge in [0.15, 0.2) is 11.6 Å². The Bertz CT molecular complexity index is 847. The van der Waals surface area contributed by atoms with E-state index in [2.05, 4.69) is 4.98 Å². The SMILES string of the molecule is CCN(Cc1coc(-c2ccc(OC)cc2)n1)c1ccc(F)c(F)c1. The summed E-state index contributed by atoms with van der Waals surface area (Å²) >= 11 is 0. The fourth-order valence-corrected chi connectivity index (χ4v) is 2.51. The summed E-state index contributed by atoms with van der Waals surface area (Å²) in [6.45, 7) is 2.99. The van der Waals surface area contributed by atoms with Crippen LogP contribution in [-0.2, 0) is 6.54 Å². The average molecular weight is 344 g/mol. The van der Waals surface area contributed by atoms with E-state index >= 15 is 0 Å². The van der Waals surface area contributed by atoms with Crippen LogP contribution in [0.2, 0.25) is 0 Å². The Hall–Kier alpha value is -2.89. The number of oxazole rings is 1. The van der Waals surface area contributed by atoms with E-state index in [9.17, 15) is 8.78 Å². The van der Waals surface area contributed by atoms with Gasteiger partial charge < -0.3 is 14.1 Å². The van der Waals surface area contributed by atoms with Gasteiger partial charge in [-0.25, -0.2) is 13.8 Å². The second-order valence-electron chi connectivity index (χ2n) is 5.49. The van der Waals surface area contributed by atoms with Crippen molar-refractivity contribution in [3.8, 4) is 17.2 Å². The van der Waals surface area contributed by atoms with Gasteiger partial charge in [-0.05, 0) is 43.3 Å². The minimum atomic E-state index is -0.866. The molecule has 0 bridgehead atoms. The largest absolute Gasteiger partial charge is 0.497 e. The topological polar surface area (TPSA) is 38.5 Å². The van der Waals surface area contributed by atoms with Gasteiger partial charge in [-0.15, -0.1) is 0 Å². The van der Waals surface area contributed by atoms with Crippen molar-refractivity contribution in [3.05, 3.63) is 66.1 Å². The van der Waals surface area contributed by atoms with E-state index in [0.29, 0.717) is 30.4 Å². The van der Waals surface area contributed by atoms with Gasteiger partial charge in [0.1, 0.15) is 12.0 Å². The Balaban J connectivity index is 1.77. The van der Waals surface area contributed by atoms with Crippen molar-refractivity contribution in [2.75, 3.05) is 18.6 Å². The Labute approximate surface area is 144 Å². The van der Waals surface area contributed by atoms with E-state index in [-0.39, 0.29) is 0 Å². The number of hydrogen-bond acceptors (Lipinski definition) is 4. The van der Waals surface area contributed by atoms with Crippen molar-refractivity contribution in [3.63, 3.8) is 0 Å². The van der Waals surface area contributed by atoms with Gasteiger partial charge >= 0.3 is 0 Å². The van der Waals surface area contributed by atoms with Crippen molar-refractivity contribution in [2.24, 2.45) is 0 Å². The van der Waals surface area contributed by atoms with Crippen LogP contribution in [0, 0.1) is 11.6 Å². The Kier molecular flexibility index (Phi) is 4.97. The molecule has 4 nitrogen and oxygen atoms in total. The quantitative estimate of drug-likeness (QED) is 0.652. The molecule has 0 unspecified atom stereocenters. The summed E-state index contributed by atoms with van der Waals surface area (Å²) in [6.07, 6.45) is 1.57. The van der Waals surface area contributed by atoms with Crippen LogP contribution >= 0.6 is 0 Å². The number of aromatic nitrogens is 1. The van der Waals surface area contributed by atoms with Crippen LogP contribution in [0.4, 0.5) is 14.5 Å². The van der Waals surface area contributed by atoms with Crippen LogP contribution in [0.5, 0.6) is 5.75 Å². The Morgan fingerprint density at radius 1 is 1.08 bits per heavy atom. The lowest BCUT2D eigenvalue weighted by Gasteiger charge is -2.21. The highest BCUT2D eigenvalue weighted by Crippen LogP contribution is 2.24. The summed E-state index contributed by atoms with van der Waals surface area (Å²) in [5.41, 5.74) is 2.13. The number of anilines is 1. The van der Waals surface area contributed by atoms with Gasteiger partial charge in [0.05, 0.1) is 19.3 Å². The first kappa shape index (κ1) is 17.0. The first-order valence-corrected chi connectivity index (χ1v) is 7.89. The highest BCUT2D eigenvalue weighted by atomic mass is 19.2. The van der Waals surface area contributed by atoms with Crippen molar-refractivity contribution in [1.29, 1.82) is 0 Å². The molecule has 0 aliphatic rings. The Morgan fingerprint density at radius 2 is 1.84 bits per heavy atom. The number of rotatable bonds is 6. The minimum absolute atomic E-state index is 0.432. The van der Waals surface area contributed by atoms with Crippen molar-refractivity contribution in [2.45, 2.75) is 13.5 Å². The molecule has 1 heterocycles. The van der Waals surface area contributed by atoms with Crippen LogP contribution < -0.4 is 9.64 Å². The van der Waals surface area contributed by atoms with Crippen molar-refractivity contribution >= 4 is 5.69 Å². The third-order valence-electron chi connectivity index (χ3n) is 3.89. The van der Waals surface area contributed by atoms with Gasteiger partial charge in [0.25, 0.3) is 0 Å². The molecular formula is C19H18F2N2O2. The molecule has 3 aromatic rings. The van der Waals surface area contributed by atoms with E-state index in [1.54, 1.807) is 19.4 Å². The fourth-order valence-electron chi connectivity index (χ4n) is 2.51. The zero-order valence-electron chi connectivity index (χ0n) is 14.0. The van der Waals surface area contributed by atoms with Crippen LogP contribution in [0.1, 0.15) is 12.6 Å². The molecule has 0 saturated heterocycles. The number of ether oxygens (including phenoxy) is 1. The lowest BCUT2D eigenvalue weighted by atomic mass is 10.2. The Morgan fingerprint density at radius 3 is 2.48 bits per heavy atom. The zero-order valence-corrected chi connectivity index (χ0v) is 14.0. The molecule has 3 rings (SSSR count). The van der Waals surface area contributed by atoms with E-state index in [1.165, 1.54) is 6.07 Å². The second-order valence-corrected chi connectivity index (χ2v) is 5.49. The van der Waals surface area contributed by atoms with Crippen molar-refractivity contribution in [1.82, 2.24) is 4.98 Å². The highest BCUT2D eigenvalue weighted by Gasteiger charge is 2.13. The van der Waals surface area contributed by atoms with Crippen LogP contribution in [0.15, 0.2) is 53.1 Å². The highest BCUT2D eigenvalue weighted by molar-refractivity contribution is 5.55. The first-order valence-electron chi connectivity index (χ1n) is 7.89. The summed E-state index contributed by atoms with van der Waals surface area (Å²) in [5, 5.41) is 0. The van der Waals surface area contributed by atoms with Crippen LogP contribution in [0.25, 0.3) is 11.5 Å². The molecule has 0 amide bonds. The van der Waals surface area contributed by atoms with Gasteiger partial charge in [0.2, 0.25) is 5.89 Å². The predicted molar refractivity (Wildman–Crippen MR) is 91.6 cm³/mol. The van der Waals surface area contributed by atoms with Gasteiger partial charge in [-0.2, -0.15) is 0 Å². The number of halogens is 2. The molecule has 0 fully saturated rings. The summed E-state index contributed by atoms with van der Waals surface area (Å²) < 4.78 is 37.2. The molecule has 0 aliphatic carbocycles. The summed E-state index contributed by atoms with van der Waals surface area (Å²) in [6, 6.07) is 11.2. The maximum Gasteiger partial charge on any atom is 0.226 e. The average Bonchev–Trinajstić information content (AvgIpc) is 3.11. The fraction of sp³-hybridized carbons (Fsp3) is 0.211. The number of methoxy groups -OCH3 is 1.